The largest absolute Gasteiger partial charge is 0.379 e. The normalized spacial score (nSPS) is 15.1. The van der Waals surface area contributed by atoms with Gasteiger partial charge in [0.25, 0.3) is 0 Å². The zero-order chi connectivity index (χ0) is 21.2. The summed E-state index contributed by atoms with van der Waals surface area (Å²) in [5.41, 5.74) is 1.83. The van der Waals surface area contributed by atoms with Crippen LogP contribution in [-0.2, 0) is 32.5 Å². The summed E-state index contributed by atoms with van der Waals surface area (Å²) in [4.78, 5) is 14.5. The summed E-state index contributed by atoms with van der Waals surface area (Å²) >= 11 is 0. The Labute approximate surface area is 178 Å². The number of hydrogen-bond donors (Lipinski definition) is 2. The fourth-order valence-corrected chi connectivity index (χ4v) is 4.24. The minimum absolute atomic E-state index is 0.00415. The number of carbonyl (C=O) groups excluding carboxylic acids is 1. The quantitative estimate of drug-likeness (QED) is 0.596. The number of carbonyl (C=O) groups is 1. The van der Waals surface area contributed by atoms with Crippen LogP contribution >= 0.6 is 0 Å². The predicted molar refractivity (Wildman–Crippen MR) is 115 cm³/mol. The predicted octanol–water partition coefficient (Wildman–Crippen LogP) is 1.55. The van der Waals surface area contributed by atoms with Crippen molar-refractivity contribution in [2.75, 3.05) is 39.4 Å². The first-order valence-electron chi connectivity index (χ1n) is 10.2. The summed E-state index contributed by atoms with van der Waals surface area (Å²) in [6.45, 7) is 5.02. The summed E-state index contributed by atoms with van der Waals surface area (Å²) < 4.78 is 32.8. The minimum atomic E-state index is -3.57. The van der Waals surface area contributed by atoms with E-state index in [1.54, 1.807) is 24.3 Å². The van der Waals surface area contributed by atoms with E-state index in [1.165, 1.54) is 0 Å². The van der Waals surface area contributed by atoms with Crippen molar-refractivity contribution in [1.29, 1.82) is 0 Å². The Morgan fingerprint density at radius 2 is 1.67 bits per heavy atom. The summed E-state index contributed by atoms with van der Waals surface area (Å²) in [6, 6.07) is 16.1. The standard InChI is InChI=1S/C22H29N3O4S/c26-22(23-12-13-25-14-16-29-17-15-25)11-8-19-6-9-21(10-7-19)30(27,28)24-18-20-4-2-1-3-5-20/h1-7,9-10,24H,8,11-18H2,(H,23,26). The van der Waals surface area contributed by atoms with Crippen LogP contribution in [0, 0.1) is 0 Å². The van der Waals surface area contributed by atoms with E-state index in [2.05, 4.69) is 14.9 Å². The molecule has 7 nitrogen and oxygen atoms in total. The van der Waals surface area contributed by atoms with Crippen LogP contribution in [-0.4, -0.2) is 58.6 Å². The first kappa shape index (κ1) is 22.4. The molecule has 2 aromatic carbocycles. The second-order valence-corrected chi connectivity index (χ2v) is 9.03. The molecular weight excluding hydrogens is 402 g/mol. The van der Waals surface area contributed by atoms with Crippen LogP contribution in [0.4, 0.5) is 0 Å². The molecule has 1 aliphatic rings. The van der Waals surface area contributed by atoms with Gasteiger partial charge >= 0.3 is 0 Å². The van der Waals surface area contributed by atoms with E-state index in [-0.39, 0.29) is 17.3 Å². The van der Waals surface area contributed by atoms with Crippen LogP contribution < -0.4 is 10.0 Å². The lowest BCUT2D eigenvalue weighted by Gasteiger charge is -2.26. The highest BCUT2D eigenvalue weighted by Crippen LogP contribution is 2.13. The zero-order valence-corrected chi connectivity index (χ0v) is 17.9. The number of nitrogens with one attached hydrogen (secondary N) is 2. The number of morpholine rings is 1. The van der Waals surface area contributed by atoms with Gasteiger partial charge in [0.1, 0.15) is 0 Å². The summed E-state index contributed by atoms with van der Waals surface area (Å²) in [7, 11) is -3.57. The van der Waals surface area contributed by atoms with Gasteiger partial charge < -0.3 is 10.1 Å². The Morgan fingerprint density at radius 3 is 2.37 bits per heavy atom. The van der Waals surface area contributed by atoms with Crippen molar-refractivity contribution < 1.29 is 17.9 Å². The van der Waals surface area contributed by atoms with Gasteiger partial charge in [0.15, 0.2) is 0 Å². The van der Waals surface area contributed by atoms with Crippen molar-refractivity contribution >= 4 is 15.9 Å². The van der Waals surface area contributed by atoms with Gasteiger partial charge in [-0.25, -0.2) is 13.1 Å². The van der Waals surface area contributed by atoms with E-state index in [1.807, 2.05) is 30.3 Å². The maximum atomic E-state index is 12.4. The molecule has 1 saturated heterocycles. The lowest BCUT2D eigenvalue weighted by Crippen LogP contribution is -2.41. The molecule has 0 aromatic heterocycles. The van der Waals surface area contributed by atoms with Gasteiger partial charge in [-0.3, -0.25) is 9.69 Å². The topological polar surface area (TPSA) is 87.7 Å². The lowest BCUT2D eigenvalue weighted by atomic mass is 10.1. The Morgan fingerprint density at radius 1 is 0.967 bits per heavy atom. The number of ether oxygens (including phenoxy) is 1. The second kappa shape index (κ2) is 11.2. The molecule has 1 heterocycles. The summed E-state index contributed by atoms with van der Waals surface area (Å²) in [5.74, 6) is 0.00415. The molecule has 0 aliphatic carbocycles. The van der Waals surface area contributed by atoms with Gasteiger partial charge in [-0.2, -0.15) is 0 Å². The molecule has 0 bridgehead atoms. The number of sulfonamides is 1. The van der Waals surface area contributed by atoms with Crippen molar-refractivity contribution in [2.24, 2.45) is 0 Å². The fraction of sp³-hybridized carbons (Fsp3) is 0.409. The van der Waals surface area contributed by atoms with Crippen LogP contribution in [0.15, 0.2) is 59.5 Å². The molecule has 8 heteroatoms. The Balaban J connectivity index is 1.40. The zero-order valence-electron chi connectivity index (χ0n) is 17.0. The molecule has 0 unspecified atom stereocenters. The number of amides is 1. The third kappa shape index (κ3) is 7.21. The highest BCUT2D eigenvalue weighted by Gasteiger charge is 2.14. The highest BCUT2D eigenvalue weighted by molar-refractivity contribution is 7.89. The third-order valence-electron chi connectivity index (χ3n) is 5.04. The number of hydrogen-bond acceptors (Lipinski definition) is 5. The molecule has 30 heavy (non-hydrogen) atoms. The van der Waals surface area contributed by atoms with E-state index in [9.17, 15) is 13.2 Å². The molecule has 162 valence electrons. The van der Waals surface area contributed by atoms with E-state index in [0.29, 0.717) is 19.4 Å². The molecule has 2 N–H and O–H groups in total. The summed E-state index contributed by atoms with van der Waals surface area (Å²) in [6.07, 6.45) is 0.947. The smallest absolute Gasteiger partial charge is 0.240 e. The molecule has 1 fully saturated rings. The van der Waals surface area contributed by atoms with Crippen molar-refractivity contribution in [1.82, 2.24) is 14.9 Å². The lowest BCUT2D eigenvalue weighted by molar-refractivity contribution is -0.121. The van der Waals surface area contributed by atoms with Gasteiger partial charge in [0.2, 0.25) is 15.9 Å². The molecule has 2 aromatic rings. The van der Waals surface area contributed by atoms with Gasteiger partial charge in [0, 0.05) is 39.1 Å². The molecular formula is C22H29N3O4S. The average Bonchev–Trinajstić information content (AvgIpc) is 2.78. The van der Waals surface area contributed by atoms with E-state index in [0.717, 1.165) is 44.0 Å². The maximum absolute atomic E-state index is 12.4. The maximum Gasteiger partial charge on any atom is 0.240 e. The van der Waals surface area contributed by atoms with Gasteiger partial charge in [-0.1, -0.05) is 42.5 Å². The van der Waals surface area contributed by atoms with Crippen LogP contribution in [0.3, 0.4) is 0 Å². The Kier molecular flexibility index (Phi) is 8.39. The number of nitrogens with zero attached hydrogens (tertiary/aromatic N) is 1. The molecule has 0 spiro atoms. The van der Waals surface area contributed by atoms with Crippen molar-refractivity contribution in [3.8, 4) is 0 Å². The van der Waals surface area contributed by atoms with Crippen molar-refractivity contribution in [3.63, 3.8) is 0 Å². The van der Waals surface area contributed by atoms with Crippen LogP contribution in [0.5, 0.6) is 0 Å². The van der Waals surface area contributed by atoms with Crippen molar-refractivity contribution in [3.05, 3.63) is 65.7 Å². The first-order valence-corrected chi connectivity index (χ1v) is 11.7. The van der Waals surface area contributed by atoms with E-state index < -0.39 is 10.0 Å². The molecule has 0 saturated carbocycles. The third-order valence-corrected chi connectivity index (χ3v) is 6.45. The number of rotatable bonds is 10. The number of aryl methyl sites for hydroxylation is 1. The molecule has 1 aliphatic heterocycles. The molecule has 0 radical (unpaired) electrons. The minimum Gasteiger partial charge on any atom is -0.379 e. The van der Waals surface area contributed by atoms with Crippen molar-refractivity contribution in [2.45, 2.75) is 24.3 Å². The molecule has 0 atom stereocenters. The van der Waals surface area contributed by atoms with E-state index >= 15 is 0 Å². The SMILES string of the molecule is O=C(CCc1ccc(S(=O)(=O)NCc2ccccc2)cc1)NCCN1CCOCC1. The second-order valence-electron chi connectivity index (χ2n) is 7.26. The summed E-state index contributed by atoms with van der Waals surface area (Å²) in [5, 5.41) is 2.94. The number of benzene rings is 2. The molecule has 1 amide bonds. The van der Waals surface area contributed by atoms with Gasteiger partial charge in [-0.15, -0.1) is 0 Å². The van der Waals surface area contributed by atoms with E-state index in [4.69, 9.17) is 4.74 Å². The average molecular weight is 432 g/mol. The highest BCUT2D eigenvalue weighted by atomic mass is 32.2. The first-order chi connectivity index (χ1) is 14.5. The van der Waals surface area contributed by atoms with Gasteiger partial charge in [0.05, 0.1) is 18.1 Å². The van der Waals surface area contributed by atoms with Crippen LogP contribution in [0.25, 0.3) is 0 Å². The fourth-order valence-electron chi connectivity index (χ4n) is 3.22. The van der Waals surface area contributed by atoms with Gasteiger partial charge in [-0.05, 0) is 29.7 Å². The monoisotopic (exact) mass is 431 g/mol. The Bertz CT molecular complexity index is 896. The Hall–Kier alpha value is -2.26. The van der Waals surface area contributed by atoms with Crippen LogP contribution in [0.2, 0.25) is 0 Å². The van der Waals surface area contributed by atoms with Crippen LogP contribution in [0.1, 0.15) is 17.5 Å². The molecule has 3 rings (SSSR count).